The minimum absolute atomic E-state index is 0. The standard InChI is InChI=1S/C40H27N7O13S4.4Na/c41-22-8-10-25-21(16-22)17-38(64(58,59)60)39(40(25)48)47-46-34-14-15-35(30-20-24(61(49,50)51)9-11-28(30)34)45-44-33-13-12-32(26-4-1-2-5-27(26)33)43-42-23-18-31-29(37(19-23)63(55,56)57)6-3-7-36(31)62(52,53)54;;;;/h1-20,46H,41H2,(H,49,50,51)(H,52,53,54)(H,55,56,57)(H,58,59,60);;;;/q;4*+1/p-4. The number of benzene rings is 7. The SMILES string of the molecule is Nc1ccc2c(c1)C=C(S(=O)(=O)[O-])C(=NNc1ccc(N=Nc3ccc(N=Nc4cc(S(=O)(=O)[O-])c5cccc(S(=O)(=O)[O-])c5c4)c4ccccc34)c3cc(S(=O)(=O)[O-])ccc13)C2=O.[Na+].[Na+].[Na+].[Na+]. The average Bonchev–Trinajstić information content (AvgIpc) is 3.22. The molecule has 0 aromatic heterocycles. The van der Waals surface area contributed by atoms with Crippen LogP contribution in [-0.2, 0) is 40.5 Å². The molecule has 0 aliphatic heterocycles. The van der Waals surface area contributed by atoms with Crippen LogP contribution < -0.4 is 129 Å². The summed E-state index contributed by atoms with van der Waals surface area (Å²) in [5.74, 6) is -0.904. The number of allylic oxidation sites excluding steroid dienone is 1. The van der Waals surface area contributed by atoms with Crippen molar-refractivity contribution in [1.29, 1.82) is 0 Å². The maximum Gasteiger partial charge on any atom is 1.00 e. The summed E-state index contributed by atoms with van der Waals surface area (Å²) in [6, 6.07) is 24.8. The predicted molar refractivity (Wildman–Crippen MR) is 228 cm³/mol. The van der Waals surface area contributed by atoms with Crippen LogP contribution in [0.1, 0.15) is 15.9 Å². The van der Waals surface area contributed by atoms with E-state index in [9.17, 15) is 56.7 Å². The quantitative estimate of drug-likeness (QED) is 0.0425. The Morgan fingerprint density at radius 2 is 1.06 bits per heavy atom. The summed E-state index contributed by atoms with van der Waals surface area (Å²) < 4.78 is 145. The van der Waals surface area contributed by atoms with Gasteiger partial charge in [0.2, 0.25) is 5.78 Å². The number of ketones is 1. The van der Waals surface area contributed by atoms with Crippen molar-refractivity contribution in [1.82, 2.24) is 0 Å². The second-order valence-corrected chi connectivity index (χ2v) is 19.2. The van der Waals surface area contributed by atoms with Crippen molar-refractivity contribution >= 4 is 124 Å². The largest absolute Gasteiger partial charge is 1.00 e. The molecule has 20 nitrogen and oxygen atoms in total. The van der Waals surface area contributed by atoms with Crippen molar-refractivity contribution in [3.05, 3.63) is 131 Å². The summed E-state index contributed by atoms with van der Waals surface area (Å²) >= 11 is 0. The molecule has 7 aromatic rings. The maximum atomic E-state index is 13.4. The van der Waals surface area contributed by atoms with E-state index in [-0.39, 0.29) is 185 Å². The van der Waals surface area contributed by atoms with Crippen molar-refractivity contribution < 1.29 is 175 Å². The first-order valence-corrected chi connectivity index (χ1v) is 23.5. The Morgan fingerprint density at radius 1 is 0.485 bits per heavy atom. The van der Waals surface area contributed by atoms with E-state index in [1.54, 1.807) is 24.3 Å². The number of nitrogen functional groups attached to an aromatic ring is 1. The molecule has 0 heterocycles. The van der Waals surface area contributed by atoms with Gasteiger partial charge in [-0.3, -0.25) is 10.2 Å². The van der Waals surface area contributed by atoms with Gasteiger partial charge in [-0.1, -0.05) is 42.5 Å². The maximum absolute atomic E-state index is 13.4. The minimum atomic E-state index is -5.25. The van der Waals surface area contributed by atoms with Crippen molar-refractivity contribution in [2.75, 3.05) is 11.2 Å². The number of carbonyl (C=O) groups excluding carboxylic acids is 1. The normalized spacial score (nSPS) is 13.7. The predicted octanol–water partition coefficient (Wildman–Crippen LogP) is -5.16. The van der Waals surface area contributed by atoms with Crippen LogP contribution in [0.3, 0.4) is 0 Å². The number of hydrazone groups is 1. The molecule has 1 aliphatic rings. The van der Waals surface area contributed by atoms with E-state index in [1.165, 1.54) is 54.6 Å². The molecule has 0 atom stereocenters. The van der Waals surface area contributed by atoms with Gasteiger partial charge in [0.15, 0.2) is 0 Å². The van der Waals surface area contributed by atoms with E-state index in [2.05, 4.69) is 31.0 Å². The Hall–Kier alpha value is -3.16. The Bertz CT molecular complexity index is 3820. The van der Waals surface area contributed by atoms with Crippen molar-refractivity contribution in [3.63, 3.8) is 0 Å². The Morgan fingerprint density at radius 3 is 1.65 bits per heavy atom. The summed E-state index contributed by atoms with van der Waals surface area (Å²) in [4.78, 5) is 10.2. The number of carbonyl (C=O) groups is 1. The van der Waals surface area contributed by atoms with Gasteiger partial charge in [0.05, 0.1) is 48.0 Å². The molecule has 0 radical (unpaired) electrons. The van der Waals surface area contributed by atoms with Crippen LogP contribution in [0.25, 0.3) is 38.4 Å². The third-order valence-corrected chi connectivity index (χ3v) is 13.2. The number of rotatable bonds is 10. The summed E-state index contributed by atoms with van der Waals surface area (Å²) in [6.07, 6.45) is 0.968. The Kier molecular flexibility index (Phi) is 18.6. The van der Waals surface area contributed by atoms with E-state index in [1.807, 2.05) is 0 Å². The number of nitrogens with two attached hydrogens (primary N) is 1. The van der Waals surface area contributed by atoms with E-state index in [0.29, 0.717) is 10.8 Å². The van der Waals surface area contributed by atoms with Gasteiger partial charge < -0.3 is 23.9 Å². The zero-order valence-corrected chi connectivity index (χ0v) is 47.1. The molecule has 0 fully saturated rings. The first-order valence-electron chi connectivity index (χ1n) is 17.9. The molecule has 7 aromatic carbocycles. The van der Waals surface area contributed by atoms with Crippen molar-refractivity contribution in [2.24, 2.45) is 25.6 Å². The molecule has 68 heavy (non-hydrogen) atoms. The van der Waals surface area contributed by atoms with Crippen LogP contribution in [0.5, 0.6) is 0 Å². The van der Waals surface area contributed by atoms with Crippen LogP contribution >= 0.6 is 0 Å². The number of hydrogen-bond acceptors (Lipinski definition) is 20. The summed E-state index contributed by atoms with van der Waals surface area (Å²) in [5.41, 5.74) is 8.15. The molecule has 0 saturated heterocycles. The smallest absolute Gasteiger partial charge is 0.744 e. The van der Waals surface area contributed by atoms with E-state index >= 15 is 0 Å². The molecular weight excluding hydrogens is 1010 g/mol. The number of anilines is 2. The van der Waals surface area contributed by atoms with Gasteiger partial charge >= 0.3 is 118 Å². The fourth-order valence-electron chi connectivity index (χ4n) is 6.87. The molecule has 0 unspecified atom stereocenters. The molecule has 1 aliphatic carbocycles. The second kappa shape index (κ2) is 22.1. The first-order chi connectivity index (χ1) is 30.1. The zero-order chi connectivity index (χ0) is 45.9. The Labute approximate surface area is 475 Å². The van der Waals surface area contributed by atoms with Gasteiger partial charge in [-0.15, -0.1) is 15.3 Å². The Balaban J connectivity index is 0.00000252. The van der Waals surface area contributed by atoms with Gasteiger partial charge in [0, 0.05) is 43.6 Å². The van der Waals surface area contributed by atoms with Crippen molar-refractivity contribution in [2.45, 2.75) is 14.7 Å². The third kappa shape index (κ3) is 12.1. The van der Waals surface area contributed by atoms with Crippen LogP contribution in [0.4, 0.5) is 34.1 Å². The number of nitrogens with one attached hydrogen (secondary N) is 1. The van der Waals surface area contributed by atoms with Crippen LogP contribution in [0.15, 0.2) is 160 Å². The molecule has 0 bridgehead atoms. The van der Waals surface area contributed by atoms with Crippen LogP contribution in [0, 0.1) is 0 Å². The number of Topliss-reactive ketones (excluding diaryl/α,β-unsaturated/α-hetero) is 1. The fourth-order valence-corrected chi connectivity index (χ4v) is 9.41. The molecule has 3 N–H and O–H groups in total. The summed E-state index contributed by atoms with van der Waals surface area (Å²) in [5, 5.41) is 21.3. The summed E-state index contributed by atoms with van der Waals surface area (Å²) in [6.45, 7) is 0. The average molecular weight is 1030 g/mol. The molecular formula is C40H23N7Na4O13S4. The zero-order valence-electron chi connectivity index (χ0n) is 35.8. The molecule has 0 spiro atoms. The number of hydrogen-bond donors (Lipinski definition) is 2. The van der Waals surface area contributed by atoms with Gasteiger partial charge in [0.25, 0.3) is 0 Å². The van der Waals surface area contributed by atoms with Gasteiger partial charge in [-0.2, -0.15) is 10.2 Å². The first kappa shape index (κ1) is 57.4. The van der Waals surface area contributed by atoms with Gasteiger partial charge in [-0.25, -0.2) is 33.7 Å². The number of azo groups is 2. The molecule has 0 amide bonds. The van der Waals surface area contributed by atoms with Crippen LogP contribution in [0.2, 0.25) is 0 Å². The van der Waals surface area contributed by atoms with Gasteiger partial charge in [-0.05, 0) is 84.4 Å². The van der Waals surface area contributed by atoms with Crippen molar-refractivity contribution in [3.8, 4) is 0 Å². The monoisotopic (exact) mass is 1030 g/mol. The van der Waals surface area contributed by atoms with Crippen LogP contribution in [-0.4, -0.2) is 63.4 Å². The van der Waals surface area contributed by atoms with E-state index < -0.39 is 71.6 Å². The molecule has 28 heteroatoms. The third-order valence-electron chi connectivity index (χ3n) is 9.72. The molecule has 324 valence electrons. The van der Waals surface area contributed by atoms with E-state index in [4.69, 9.17) is 5.73 Å². The topological polar surface area (TPSA) is 346 Å². The molecule has 8 rings (SSSR count). The number of fused-ring (bicyclic) bond motifs is 4. The summed E-state index contributed by atoms with van der Waals surface area (Å²) in [7, 11) is -20.6. The fraction of sp³-hybridized carbons (Fsp3) is 0. The molecule has 0 saturated carbocycles. The number of nitrogens with zero attached hydrogens (tertiary/aromatic N) is 5. The van der Waals surface area contributed by atoms with Gasteiger partial charge in [0.1, 0.15) is 46.2 Å². The van der Waals surface area contributed by atoms with E-state index in [0.717, 1.165) is 42.5 Å². The second-order valence-electron chi connectivity index (χ2n) is 13.8. The minimum Gasteiger partial charge on any atom is -0.744 e.